The van der Waals surface area contributed by atoms with Crippen LogP contribution in [0.25, 0.3) is 10.9 Å². The molecule has 0 bridgehead atoms. The van der Waals surface area contributed by atoms with Crippen molar-refractivity contribution in [3.63, 3.8) is 0 Å². The van der Waals surface area contributed by atoms with E-state index in [9.17, 15) is 0 Å². The third-order valence-electron chi connectivity index (χ3n) is 3.78. The van der Waals surface area contributed by atoms with Crippen LogP contribution in [0.2, 0.25) is 0 Å². The van der Waals surface area contributed by atoms with E-state index in [4.69, 9.17) is 10.3 Å². The molecule has 0 amide bonds. The molecule has 0 saturated heterocycles. The van der Waals surface area contributed by atoms with Crippen molar-refractivity contribution in [2.24, 2.45) is 5.73 Å². The van der Waals surface area contributed by atoms with Gasteiger partial charge in [0.05, 0.1) is 0 Å². The van der Waals surface area contributed by atoms with Crippen molar-refractivity contribution in [3.8, 4) is 0 Å². The van der Waals surface area contributed by atoms with E-state index in [0.29, 0.717) is 12.5 Å². The molecule has 0 aliphatic heterocycles. The summed E-state index contributed by atoms with van der Waals surface area (Å²) >= 11 is 0. The summed E-state index contributed by atoms with van der Waals surface area (Å²) in [6.07, 6.45) is 6.44. The maximum Gasteiger partial charge on any atom is 0.147 e. The topological polar surface area (TPSA) is 52.0 Å². The smallest absolute Gasteiger partial charge is 0.147 e. The minimum Gasteiger partial charge on any atom is -0.360 e. The standard InChI is InChI=1S/C14H18N2O/c15-9-10-6-7-13-12(8-10)14(17-16-13)11-4-2-1-3-5-11/h6-8,11H,1-5,9,15H2. The minimum absolute atomic E-state index is 0.557. The lowest BCUT2D eigenvalue weighted by Crippen LogP contribution is -2.04. The van der Waals surface area contributed by atoms with E-state index in [2.05, 4.69) is 11.2 Å². The van der Waals surface area contributed by atoms with E-state index in [1.165, 1.54) is 37.5 Å². The zero-order valence-electron chi connectivity index (χ0n) is 9.98. The zero-order chi connectivity index (χ0) is 11.7. The second-order valence-corrected chi connectivity index (χ2v) is 4.94. The Morgan fingerprint density at radius 3 is 2.82 bits per heavy atom. The lowest BCUT2D eigenvalue weighted by Gasteiger charge is -2.18. The van der Waals surface area contributed by atoms with Crippen molar-refractivity contribution < 1.29 is 4.52 Å². The first kappa shape index (κ1) is 10.8. The van der Waals surface area contributed by atoms with Crippen molar-refractivity contribution in [1.29, 1.82) is 0 Å². The van der Waals surface area contributed by atoms with Gasteiger partial charge in [-0.1, -0.05) is 30.5 Å². The molecule has 3 heteroatoms. The summed E-state index contributed by atoms with van der Waals surface area (Å²) in [6, 6.07) is 6.17. The van der Waals surface area contributed by atoms with Crippen LogP contribution in [0.5, 0.6) is 0 Å². The number of benzene rings is 1. The normalized spacial score (nSPS) is 17.7. The highest BCUT2D eigenvalue weighted by molar-refractivity contribution is 5.81. The maximum absolute atomic E-state index is 5.69. The summed E-state index contributed by atoms with van der Waals surface area (Å²) in [5.74, 6) is 1.64. The number of hydrogen-bond donors (Lipinski definition) is 1. The van der Waals surface area contributed by atoms with Gasteiger partial charge in [0.25, 0.3) is 0 Å². The second kappa shape index (κ2) is 4.49. The van der Waals surface area contributed by atoms with Gasteiger partial charge in [0.15, 0.2) is 0 Å². The summed E-state index contributed by atoms with van der Waals surface area (Å²) in [4.78, 5) is 0. The van der Waals surface area contributed by atoms with Gasteiger partial charge < -0.3 is 10.3 Å². The number of hydrogen-bond acceptors (Lipinski definition) is 3. The molecule has 0 atom stereocenters. The van der Waals surface area contributed by atoms with Gasteiger partial charge in [0.2, 0.25) is 0 Å². The average molecular weight is 230 g/mol. The molecule has 2 aromatic rings. The SMILES string of the molecule is NCc1ccc2noc(C3CCCCC3)c2c1. The van der Waals surface area contributed by atoms with Gasteiger partial charge in [-0.3, -0.25) is 0 Å². The Balaban J connectivity index is 2.02. The van der Waals surface area contributed by atoms with E-state index in [1.807, 2.05) is 12.1 Å². The summed E-state index contributed by atoms with van der Waals surface area (Å²) in [5.41, 5.74) is 7.80. The molecule has 1 aromatic heterocycles. The Bertz CT molecular complexity index is 512. The van der Waals surface area contributed by atoms with Gasteiger partial charge in [0.1, 0.15) is 11.3 Å². The first-order valence-corrected chi connectivity index (χ1v) is 6.47. The molecular formula is C14H18N2O. The Morgan fingerprint density at radius 2 is 2.06 bits per heavy atom. The van der Waals surface area contributed by atoms with Crippen molar-refractivity contribution in [2.75, 3.05) is 0 Å². The highest BCUT2D eigenvalue weighted by Gasteiger charge is 2.22. The molecule has 0 unspecified atom stereocenters. The van der Waals surface area contributed by atoms with Crippen LogP contribution < -0.4 is 5.73 Å². The van der Waals surface area contributed by atoms with E-state index in [0.717, 1.165) is 16.8 Å². The van der Waals surface area contributed by atoms with Crippen molar-refractivity contribution in [2.45, 2.75) is 44.6 Å². The summed E-state index contributed by atoms with van der Waals surface area (Å²) in [5, 5.41) is 5.32. The predicted octanol–water partition coefficient (Wildman–Crippen LogP) is 3.33. The quantitative estimate of drug-likeness (QED) is 0.860. The molecule has 3 rings (SSSR count). The number of nitrogens with two attached hydrogens (primary N) is 1. The monoisotopic (exact) mass is 230 g/mol. The fourth-order valence-corrected chi connectivity index (χ4v) is 2.79. The molecule has 1 aromatic carbocycles. The predicted molar refractivity (Wildman–Crippen MR) is 67.7 cm³/mol. The molecule has 17 heavy (non-hydrogen) atoms. The Kier molecular flexibility index (Phi) is 2.85. The van der Waals surface area contributed by atoms with Crippen LogP contribution >= 0.6 is 0 Å². The molecule has 1 aliphatic carbocycles. The zero-order valence-corrected chi connectivity index (χ0v) is 9.98. The molecule has 0 radical (unpaired) electrons. The molecule has 0 spiro atoms. The van der Waals surface area contributed by atoms with Crippen LogP contribution in [0.15, 0.2) is 22.7 Å². The van der Waals surface area contributed by atoms with Crippen molar-refractivity contribution >= 4 is 10.9 Å². The third-order valence-corrected chi connectivity index (χ3v) is 3.78. The summed E-state index contributed by atoms with van der Waals surface area (Å²) in [7, 11) is 0. The van der Waals surface area contributed by atoms with E-state index in [-0.39, 0.29) is 0 Å². The Morgan fingerprint density at radius 1 is 1.24 bits per heavy atom. The first-order valence-electron chi connectivity index (χ1n) is 6.47. The molecule has 1 heterocycles. The van der Waals surface area contributed by atoms with Gasteiger partial charge in [-0.15, -0.1) is 0 Å². The number of nitrogens with zero attached hydrogens (tertiary/aromatic N) is 1. The highest BCUT2D eigenvalue weighted by Crippen LogP contribution is 2.36. The van der Waals surface area contributed by atoms with Crippen molar-refractivity contribution in [3.05, 3.63) is 29.5 Å². The van der Waals surface area contributed by atoms with Gasteiger partial charge in [-0.25, -0.2) is 0 Å². The van der Waals surface area contributed by atoms with Crippen LogP contribution in [-0.4, -0.2) is 5.16 Å². The first-order chi connectivity index (χ1) is 8.38. The fourth-order valence-electron chi connectivity index (χ4n) is 2.79. The molecular weight excluding hydrogens is 212 g/mol. The van der Waals surface area contributed by atoms with Gasteiger partial charge in [-0.05, 0) is 30.5 Å². The average Bonchev–Trinajstić information content (AvgIpc) is 2.82. The van der Waals surface area contributed by atoms with E-state index < -0.39 is 0 Å². The van der Waals surface area contributed by atoms with Crippen LogP contribution in [0, 0.1) is 0 Å². The van der Waals surface area contributed by atoms with Gasteiger partial charge in [-0.2, -0.15) is 0 Å². The molecule has 2 N–H and O–H groups in total. The van der Waals surface area contributed by atoms with Gasteiger partial charge >= 0.3 is 0 Å². The molecule has 90 valence electrons. The molecule has 1 aliphatic rings. The maximum atomic E-state index is 5.69. The Labute approximate surface area is 101 Å². The molecule has 1 fully saturated rings. The fraction of sp³-hybridized carbons (Fsp3) is 0.500. The number of rotatable bonds is 2. The van der Waals surface area contributed by atoms with Crippen LogP contribution in [0.3, 0.4) is 0 Å². The lowest BCUT2D eigenvalue weighted by atomic mass is 9.86. The molecule has 3 nitrogen and oxygen atoms in total. The summed E-state index contributed by atoms with van der Waals surface area (Å²) in [6.45, 7) is 0.575. The number of fused-ring (bicyclic) bond motifs is 1. The third kappa shape index (κ3) is 1.95. The van der Waals surface area contributed by atoms with Gasteiger partial charge in [0, 0.05) is 17.8 Å². The van der Waals surface area contributed by atoms with Crippen molar-refractivity contribution in [1.82, 2.24) is 5.16 Å². The molecule has 1 saturated carbocycles. The van der Waals surface area contributed by atoms with E-state index >= 15 is 0 Å². The van der Waals surface area contributed by atoms with Crippen LogP contribution in [-0.2, 0) is 6.54 Å². The van der Waals surface area contributed by atoms with Crippen LogP contribution in [0.4, 0.5) is 0 Å². The Hall–Kier alpha value is -1.35. The number of aromatic nitrogens is 1. The summed E-state index contributed by atoms with van der Waals surface area (Å²) < 4.78 is 5.56. The largest absolute Gasteiger partial charge is 0.360 e. The minimum atomic E-state index is 0.557. The highest BCUT2D eigenvalue weighted by atomic mass is 16.5. The van der Waals surface area contributed by atoms with E-state index in [1.54, 1.807) is 0 Å². The lowest BCUT2D eigenvalue weighted by molar-refractivity contribution is 0.326. The van der Waals surface area contributed by atoms with Crippen LogP contribution in [0.1, 0.15) is 49.3 Å². The second-order valence-electron chi connectivity index (χ2n) is 4.94.